The van der Waals surface area contributed by atoms with Gasteiger partial charge in [-0.1, -0.05) is 22.9 Å². The largest absolute Gasteiger partial charge is 0.493 e. The first-order valence-corrected chi connectivity index (χ1v) is 7.88. The number of ether oxygens (including phenoxy) is 1. The van der Waals surface area contributed by atoms with Gasteiger partial charge in [-0.15, -0.1) is 0 Å². The van der Waals surface area contributed by atoms with Crippen LogP contribution in [0.15, 0.2) is 35.1 Å². The Morgan fingerprint density at radius 3 is 3.05 bits per heavy atom. The second kappa shape index (κ2) is 5.98. The quantitative estimate of drug-likeness (QED) is 0.792. The topological polar surface area (TPSA) is 39.2 Å². The van der Waals surface area contributed by atoms with Crippen LogP contribution < -0.4 is 4.74 Å². The summed E-state index contributed by atoms with van der Waals surface area (Å²) in [6.07, 6.45) is 5.52. The van der Waals surface area contributed by atoms with E-state index in [1.807, 2.05) is 13.0 Å². The number of carbonyl (C=O) groups excluding carboxylic acids is 1. The number of hydrogen-bond donors (Lipinski definition) is 0. The Bertz CT molecular complexity index is 697. The maximum absolute atomic E-state index is 12.6. The van der Waals surface area contributed by atoms with Crippen LogP contribution in [0.2, 0.25) is 0 Å². The molecule has 0 unspecified atom stereocenters. The first-order chi connectivity index (χ1) is 10.2. The number of nitrogens with zero attached hydrogens (tertiary/aromatic N) is 1. The molecule has 0 atom stereocenters. The molecule has 0 radical (unpaired) electrons. The highest BCUT2D eigenvalue weighted by atomic mass is 79.9. The minimum Gasteiger partial charge on any atom is -0.493 e. The number of fused-ring (bicyclic) bond motifs is 1. The van der Waals surface area contributed by atoms with Crippen LogP contribution in [0.25, 0.3) is 0 Å². The first-order valence-electron chi connectivity index (χ1n) is 7.09. The lowest BCUT2D eigenvalue weighted by Crippen LogP contribution is -2.08. The van der Waals surface area contributed by atoms with Crippen molar-refractivity contribution in [3.05, 3.63) is 57.3 Å². The Balaban J connectivity index is 1.92. The van der Waals surface area contributed by atoms with Gasteiger partial charge in [-0.05, 0) is 35.7 Å². The molecule has 21 heavy (non-hydrogen) atoms. The van der Waals surface area contributed by atoms with E-state index in [2.05, 4.69) is 27.0 Å². The molecule has 0 amide bonds. The van der Waals surface area contributed by atoms with Crippen LogP contribution in [-0.4, -0.2) is 17.4 Å². The lowest BCUT2D eigenvalue weighted by molar-refractivity contribution is 0.0991. The number of benzene rings is 1. The number of Topliss-reactive ketones (excluding diaryl/α,β-unsaturated/α-hetero) is 1. The van der Waals surface area contributed by atoms with Crippen LogP contribution in [0.5, 0.6) is 5.75 Å². The molecule has 0 bridgehead atoms. The second-order valence-corrected chi connectivity index (χ2v) is 6.05. The zero-order chi connectivity index (χ0) is 14.8. The van der Waals surface area contributed by atoms with Gasteiger partial charge >= 0.3 is 0 Å². The van der Waals surface area contributed by atoms with Crippen LogP contribution in [0, 0.1) is 0 Å². The second-order valence-electron chi connectivity index (χ2n) is 5.14. The number of aryl methyl sites for hydroxylation is 1. The number of rotatable bonds is 4. The average molecular weight is 346 g/mol. The smallest absolute Gasteiger partial charge is 0.167 e. The molecule has 0 saturated carbocycles. The number of hydrogen-bond acceptors (Lipinski definition) is 3. The molecule has 0 spiro atoms. The Morgan fingerprint density at radius 1 is 1.38 bits per heavy atom. The summed E-state index contributed by atoms with van der Waals surface area (Å²) in [5.74, 6) is 1.00. The summed E-state index contributed by atoms with van der Waals surface area (Å²) in [4.78, 5) is 16.7. The van der Waals surface area contributed by atoms with Crippen LogP contribution >= 0.6 is 15.9 Å². The number of carbonyl (C=O) groups is 1. The monoisotopic (exact) mass is 345 g/mol. The summed E-state index contributed by atoms with van der Waals surface area (Å²) in [6, 6.07) is 5.86. The molecule has 2 heterocycles. The van der Waals surface area contributed by atoms with E-state index in [9.17, 15) is 4.79 Å². The van der Waals surface area contributed by atoms with Gasteiger partial charge in [0.25, 0.3) is 0 Å². The Hall–Kier alpha value is -1.68. The van der Waals surface area contributed by atoms with Gasteiger partial charge in [0, 0.05) is 40.8 Å². The molecule has 1 aliphatic rings. The van der Waals surface area contributed by atoms with Gasteiger partial charge in [0.2, 0.25) is 0 Å². The molecule has 0 saturated heterocycles. The highest BCUT2D eigenvalue weighted by Crippen LogP contribution is 2.33. The molecular weight excluding hydrogens is 330 g/mol. The zero-order valence-corrected chi connectivity index (χ0v) is 13.4. The molecule has 3 nitrogen and oxygen atoms in total. The van der Waals surface area contributed by atoms with Gasteiger partial charge in [0.1, 0.15) is 5.75 Å². The van der Waals surface area contributed by atoms with E-state index >= 15 is 0 Å². The SMILES string of the molecule is CCc1cnccc1C(=O)Cc1cc(Br)cc2c1OCC2. The summed E-state index contributed by atoms with van der Waals surface area (Å²) >= 11 is 3.51. The summed E-state index contributed by atoms with van der Waals surface area (Å²) in [7, 11) is 0. The van der Waals surface area contributed by atoms with Gasteiger partial charge in [0.15, 0.2) is 5.78 Å². The van der Waals surface area contributed by atoms with Crippen molar-refractivity contribution in [1.82, 2.24) is 4.98 Å². The Kier molecular flexibility index (Phi) is 4.06. The maximum Gasteiger partial charge on any atom is 0.167 e. The van der Waals surface area contributed by atoms with Crippen LogP contribution in [0.4, 0.5) is 0 Å². The van der Waals surface area contributed by atoms with Crippen LogP contribution in [-0.2, 0) is 19.3 Å². The summed E-state index contributed by atoms with van der Waals surface area (Å²) in [5, 5.41) is 0. The third kappa shape index (κ3) is 2.86. The zero-order valence-electron chi connectivity index (χ0n) is 11.9. The molecule has 3 rings (SSSR count). The fraction of sp³-hybridized carbons (Fsp3) is 0.294. The van der Waals surface area contributed by atoms with Gasteiger partial charge < -0.3 is 4.74 Å². The van der Waals surface area contributed by atoms with Crippen molar-refractivity contribution in [2.45, 2.75) is 26.2 Å². The molecule has 1 aromatic carbocycles. The van der Waals surface area contributed by atoms with E-state index < -0.39 is 0 Å². The third-order valence-electron chi connectivity index (χ3n) is 3.76. The van der Waals surface area contributed by atoms with Gasteiger partial charge in [0.05, 0.1) is 6.61 Å². The highest BCUT2D eigenvalue weighted by molar-refractivity contribution is 9.10. The number of ketones is 1. The molecule has 2 aromatic rings. The van der Waals surface area contributed by atoms with Gasteiger partial charge in [-0.3, -0.25) is 9.78 Å². The fourth-order valence-corrected chi connectivity index (χ4v) is 3.28. The Labute approximate surface area is 132 Å². The summed E-state index contributed by atoms with van der Waals surface area (Å²) in [6.45, 7) is 2.73. The van der Waals surface area contributed by atoms with Crippen molar-refractivity contribution >= 4 is 21.7 Å². The molecule has 108 valence electrons. The fourth-order valence-electron chi connectivity index (χ4n) is 2.73. The molecule has 1 aromatic heterocycles. The number of pyridine rings is 1. The predicted molar refractivity (Wildman–Crippen MR) is 85.0 cm³/mol. The highest BCUT2D eigenvalue weighted by Gasteiger charge is 2.20. The third-order valence-corrected chi connectivity index (χ3v) is 4.22. The average Bonchev–Trinajstić information content (AvgIpc) is 2.95. The van der Waals surface area contributed by atoms with Crippen molar-refractivity contribution < 1.29 is 9.53 Å². The predicted octanol–water partition coefficient (Wildman–Crippen LogP) is 3.77. The first kappa shape index (κ1) is 14.3. The maximum atomic E-state index is 12.6. The van der Waals surface area contributed by atoms with Crippen molar-refractivity contribution in [2.75, 3.05) is 6.61 Å². The summed E-state index contributed by atoms with van der Waals surface area (Å²) in [5.41, 5.74) is 3.90. The van der Waals surface area contributed by atoms with Crippen molar-refractivity contribution in [1.29, 1.82) is 0 Å². The van der Waals surface area contributed by atoms with E-state index in [4.69, 9.17) is 4.74 Å². The van der Waals surface area contributed by atoms with Crippen molar-refractivity contribution in [3.63, 3.8) is 0 Å². The number of aromatic nitrogens is 1. The molecule has 0 aliphatic carbocycles. The van der Waals surface area contributed by atoms with Crippen molar-refractivity contribution in [3.8, 4) is 5.75 Å². The van der Waals surface area contributed by atoms with E-state index in [-0.39, 0.29) is 5.78 Å². The van der Waals surface area contributed by atoms with Crippen LogP contribution in [0.3, 0.4) is 0 Å². The molecule has 0 N–H and O–H groups in total. The number of halogens is 1. The minimum absolute atomic E-state index is 0.116. The lowest BCUT2D eigenvalue weighted by Gasteiger charge is -2.10. The van der Waals surface area contributed by atoms with E-state index in [1.54, 1.807) is 18.5 Å². The normalized spacial score (nSPS) is 12.9. The molecule has 1 aliphatic heterocycles. The van der Waals surface area contributed by atoms with Gasteiger partial charge in [-0.2, -0.15) is 0 Å². The van der Waals surface area contributed by atoms with Crippen LogP contribution in [0.1, 0.15) is 34.0 Å². The molecule has 4 heteroatoms. The van der Waals surface area contributed by atoms with Crippen molar-refractivity contribution in [2.24, 2.45) is 0 Å². The van der Waals surface area contributed by atoms with E-state index in [1.165, 1.54) is 5.56 Å². The summed E-state index contributed by atoms with van der Waals surface area (Å²) < 4.78 is 6.69. The van der Waals surface area contributed by atoms with Gasteiger partial charge in [-0.25, -0.2) is 0 Å². The molecular formula is C17H16BrNO2. The minimum atomic E-state index is 0.116. The standard InChI is InChI=1S/C17H16BrNO2/c1-2-11-10-19-5-3-15(11)16(20)9-13-8-14(18)7-12-4-6-21-17(12)13/h3,5,7-8,10H,2,4,6,9H2,1H3. The molecule has 0 fully saturated rings. The van der Waals surface area contributed by atoms with E-state index in [0.29, 0.717) is 13.0 Å². The van der Waals surface area contributed by atoms with E-state index in [0.717, 1.165) is 39.8 Å². The Morgan fingerprint density at radius 2 is 2.24 bits per heavy atom. The lowest BCUT2D eigenvalue weighted by atomic mass is 9.97.